The Kier molecular flexibility index (Phi) is 5.54. The molecular formula is C40H23N5OS. The third-order valence-electron chi connectivity index (χ3n) is 9.23. The Hall–Kier alpha value is -6.10. The van der Waals surface area contributed by atoms with Crippen molar-refractivity contribution < 1.29 is 4.74 Å². The van der Waals surface area contributed by atoms with Crippen molar-refractivity contribution in [3.05, 3.63) is 139 Å². The van der Waals surface area contributed by atoms with Crippen molar-refractivity contribution in [2.45, 2.75) is 12.0 Å². The van der Waals surface area contributed by atoms with Crippen LogP contribution in [0.1, 0.15) is 17.0 Å². The average molecular weight is 622 g/mol. The van der Waals surface area contributed by atoms with E-state index >= 15 is 0 Å². The third kappa shape index (κ3) is 3.79. The van der Waals surface area contributed by atoms with Gasteiger partial charge in [-0.05, 0) is 42.5 Å². The number of rotatable bonds is 3. The van der Waals surface area contributed by atoms with Crippen molar-refractivity contribution in [1.29, 1.82) is 5.26 Å². The minimum atomic E-state index is -0.0960. The second kappa shape index (κ2) is 9.95. The molecule has 0 spiro atoms. The summed E-state index contributed by atoms with van der Waals surface area (Å²) in [5, 5.41) is 14.2. The molecule has 2 unspecified atom stereocenters. The highest BCUT2D eigenvalue weighted by Crippen LogP contribution is 2.55. The molecule has 7 heteroatoms. The van der Waals surface area contributed by atoms with Gasteiger partial charge in [0.05, 0.1) is 17.1 Å². The number of nitriles is 1. The molecule has 220 valence electrons. The van der Waals surface area contributed by atoms with Gasteiger partial charge in [0.25, 0.3) is 0 Å². The maximum Gasteiger partial charge on any atom is 0.238 e. The number of nitrogens with zero attached hydrogens (tertiary/aromatic N) is 5. The minimum absolute atomic E-state index is 0.0960. The molecule has 1 aliphatic carbocycles. The van der Waals surface area contributed by atoms with Crippen molar-refractivity contribution in [1.82, 2.24) is 19.5 Å². The Bertz CT molecular complexity index is 2680. The number of hydrogen-bond acceptors (Lipinski definition) is 6. The lowest BCUT2D eigenvalue weighted by Gasteiger charge is -2.14. The van der Waals surface area contributed by atoms with Crippen LogP contribution >= 0.6 is 11.3 Å². The predicted octanol–water partition coefficient (Wildman–Crippen LogP) is 9.51. The zero-order valence-corrected chi connectivity index (χ0v) is 25.6. The van der Waals surface area contributed by atoms with Crippen LogP contribution in [-0.2, 0) is 0 Å². The number of thiophene rings is 1. The molecule has 8 aromatic rings. The summed E-state index contributed by atoms with van der Waals surface area (Å²) in [5.74, 6) is 2.58. The number of para-hydroxylation sites is 1. The molecule has 3 aromatic heterocycles. The summed E-state index contributed by atoms with van der Waals surface area (Å²) in [7, 11) is 0. The molecule has 0 bridgehead atoms. The first-order valence-electron chi connectivity index (χ1n) is 15.5. The van der Waals surface area contributed by atoms with E-state index < -0.39 is 0 Å². The summed E-state index contributed by atoms with van der Waals surface area (Å²) < 4.78 is 11.6. The van der Waals surface area contributed by atoms with E-state index in [1.807, 2.05) is 53.8 Å². The van der Waals surface area contributed by atoms with Gasteiger partial charge in [-0.15, -0.1) is 11.3 Å². The Morgan fingerprint density at radius 1 is 0.702 bits per heavy atom. The number of fused-ring (bicyclic) bond motifs is 12. The van der Waals surface area contributed by atoms with E-state index in [2.05, 4.69) is 83.5 Å². The van der Waals surface area contributed by atoms with Gasteiger partial charge in [0, 0.05) is 53.6 Å². The van der Waals surface area contributed by atoms with Crippen LogP contribution < -0.4 is 4.74 Å². The van der Waals surface area contributed by atoms with Crippen molar-refractivity contribution in [3.8, 4) is 40.5 Å². The summed E-state index contributed by atoms with van der Waals surface area (Å²) in [4.78, 5) is 15.2. The second-order valence-corrected chi connectivity index (χ2v) is 12.9. The van der Waals surface area contributed by atoms with Crippen LogP contribution in [-0.4, -0.2) is 25.6 Å². The molecule has 10 rings (SSSR count). The fourth-order valence-corrected chi connectivity index (χ4v) is 8.44. The van der Waals surface area contributed by atoms with E-state index in [1.165, 1.54) is 25.7 Å². The van der Waals surface area contributed by atoms with Crippen molar-refractivity contribution in [3.63, 3.8) is 0 Å². The molecule has 2 aliphatic rings. The van der Waals surface area contributed by atoms with Gasteiger partial charge < -0.3 is 4.74 Å². The lowest BCUT2D eigenvalue weighted by atomic mass is 9.88. The first kappa shape index (κ1) is 26.1. The standard InChI is InChI=1S/C40H23N5OS/c41-22-23-18-20-25(21-19-23)39-42-38(24-10-2-1-3-11-24)43-40(44-39)45-29-15-7-4-12-26(29)34-35(45)36-32(27-13-5-8-16-30(27)46-36)33-28-14-6-9-17-31(28)47-37(33)34/h1-21,27,30H. The van der Waals surface area contributed by atoms with Gasteiger partial charge >= 0.3 is 0 Å². The molecule has 2 atom stereocenters. The van der Waals surface area contributed by atoms with E-state index in [0.717, 1.165) is 38.7 Å². The summed E-state index contributed by atoms with van der Waals surface area (Å²) in [6.07, 6.45) is 8.53. The molecule has 1 aliphatic heterocycles. The molecule has 4 heterocycles. The number of benzene rings is 5. The van der Waals surface area contributed by atoms with Gasteiger partial charge in [-0.1, -0.05) is 85.0 Å². The highest BCUT2D eigenvalue weighted by Gasteiger charge is 2.39. The first-order valence-corrected chi connectivity index (χ1v) is 16.3. The summed E-state index contributed by atoms with van der Waals surface area (Å²) >= 11 is 1.83. The van der Waals surface area contributed by atoms with Crippen LogP contribution in [0.25, 0.3) is 70.7 Å². The Morgan fingerprint density at radius 3 is 2.21 bits per heavy atom. The van der Waals surface area contributed by atoms with Gasteiger partial charge in [-0.3, -0.25) is 4.57 Å². The fourth-order valence-electron chi connectivity index (χ4n) is 7.16. The minimum Gasteiger partial charge on any atom is -0.483 e. The monoisotopic (exact) mass is 621 g/mol. The number of allylic oxidation sites excluding steroid dienone is 2. The van der Waals surface area contributed by atoms with E-state index in [1.54, 1.807) is 12.1 Å². The lowest BCUT2D eigenvalue weighted by Crippen LogP contribution is -2.15. The van der Waals surface area contributed by atoms with Crippen molar-refractivity contribution in [2.75, 3.05) is 0 Å². The average Bonchev–Trinajstić information content (AvgIpc) is 3.81. The van der Waals surface area contributed by atoms with Crippen molar-refractivity contribution in [2.24, 2.45) is 0 Å². The molecule has 0 saturated heterocycles. The topological polar surface area (TPSA) is 76.6 Å². The fraction of sp³-hybridized carbons (Fsp3) is 0.0500. The van der Waals surface area contributed by atoms with Crippen LogP contribution in [0.15, 0.2) is 127 Å². The molecule has 0 saturated carbocycles. The Labute approximate surface area is 273 Å². The molecular weight excluding hydrogens is 599 g/mol. The summed E-state index contributed by atoms with van der Waals surface area (Å²) in [5.41, 5.74) is 5.45. The maximum absolute atomic E-state index is 9.42. The smallest absolute Gasteiger partial charge is 0.238 e. The highest BCUT2D eigenvalue weighted by atomic mass is 32.1. The molecule has 5 aromatic carbocycles. The summed E-state index contributed by atoms with van der Waals surface area (Å²) in [6, 6.07) is 36.7. The molecule has 0 amide bonds. The molecule has 6 nitrogen and oxygen atoms in total. The van der Waals surface area contributed by atoms with Gasteiger partial charge in [-0.2, -0.15) is 15.2 Å². The number of aromatic nitrogens is 4. The normalized spacial score (nSPS) is 16.5. The number of hydrogen-bond donors (Lipinski definition) is 0. The third-order valence-corrected chi connectivity index (χ3v) is 10.4. The summed E-state index contributed by atoms with van der Waals surface area (Å²) in [6.45, 7) is 0. The van der Waals surface area contributed by atoms with Crippen LogP contribution in [0.4, 0.5) is 0 Å². The van der Waals surface area contributed by atoms with Crippen LogP contribution in [0.5, 0.6) is 5.75 Å². The second-order valence-electron chi connectivity index (χ2n) is 11.8. The molecule has 0 fully saturated rings. The van der Waals surface area contributed by atoms with Gasteiger partial charge in [0.15, 0.2) is 11.6 Å². The first-order chi connectivity index (χ1) is 23.3. The van der Waals surface area contributed by atoms with Gasteiger partial charge in [0.1, 0.15) is 17.4 Å². The quantitative estimate of drug-likeness (QED) is 0.196. The predicted molar refractivity (Wildman–Crippen MR) is 188 cm³/mol. The van der Waals surface area contributed by atoms with E-state index in [-0.39, 0.29) is 12.0 Å². The largest absolute Gasteiger partial charge is 0.483 e. The zero-order chi connectivity index (χ0) is 31.1. The maximum atomic E-state index is 9.42. The van der Waals surface area contributed by atoms with E-state index in [0.29, 0.717) is 23.2 Å². The van der Waals surface area contributed by atoms with Crippen LogP contribution in [0.2, 0.25) is 0 Å². The molecule has 47 heavy (non-hydrogen) atoms. The SMILES string of the molecule is N#Cc1ccc(-c2nc(-c3ccccc3)nc(-n3c4ccccc4c4c5sc6ccccc6c5c5c(c43)OC3C=CC=CC53)n2)cc1. The zero-order valence-electron chi connectivity index (χ0n) is 24.8. The number of ether oxygens (including phenoxy) is 1. The molecule has 0 N–H and O–H groups in total. The molecule has 0 radical (unpaired) electrons. The Morgan fingerprint density at radius 2 is 1.40 bits per heavy atom. The highest BCUT2D eigenvalue weighted by molar-refractivity contribution is 7.26. The van der Waals surface area contributed by atoms with Crippen molar-refractivity contribution >= 4 is 53.3 Å². The van der Waals surface area contributed by atoms with Gasteiger partial charge in [0.2, 0.25) is 5.95 Å². The van der Waals surface area contributed by atoms with Crippen LogP contribution in [0.3, 0.4) is 0 Å². The Balaban J connectivity index is 1.36. The van der Waals surface area contributed by atoms with Gasteiger partial charge in [-0.25, -0.2) is 4.98 Å². The van der Waals surface area contributed by atoms with Crippen LogP contribution in [0, 0.1) is 11.3 Å². The van der Waals surface area contributed by atoms with E-state index in [4.69, 9.17) is 19.7 Å². The lowest BCUT2D eigenvalue weighted by molar-refractivity contribution is 0.271. The van der Waals surface area contributed by atoms with E-state index in [9.17, 15) is 5.26 Å².